The Morgan fingerprint density at radius 3 is 3.00 bits per heavy atom. The molecule has 2 aliphatic rings. The molecule has 96 valence electrons. The standard InChI is InChI=1S/C13H16N2O3/c1-8-2-4-11(18-8)13(17)15-7-6-9-10(15)3-5-12(16)14-9/h2,4,9-10H,3,5-7H2,1H3,(H,14,16)/t9-,10+/m0/s1. The molecule has 5 heteroatoms. The number of rotatable bonds is 1. The molecule has 0 spiro atoms. The van der Waals surface area contributed by atoms with Gasteiger partial charge in [-0.3, -0.25) is 9.59 Å². The Hall–Kier alpha value is -1.78. The molecule has 2 amide bonds. The van der Waals surface area contributed by atoms with Crippen LogP contribution in [0.3, 0.4) is 0 Å². The van der Waals surface area contributed by atoms with Crippen molar-refractivity contribution in [1.29, 1.82) is 0 Å². The lowest BCUT2D eigenvalue weighted by molar-refractivity contribution is -0.123. The molecule has 0 saturated carbocycles. The van der Waals surface area contributed by atoms with Crippen LogP contribution in [0.1, 0.15) is 35.6 Å². The number of amides is 2. The van der Waals surface area contributed by atoms with Crippen molar-refractivity contribution in [3.8, 4) is 0 Å². The van der Waals surface area contributed by atoms with E-state index in [1.807, 2.05) is 11.8 Å². The minimum atomic E-state index is -0.0632. The van der Waals surface area contributed by atoms with Gasteiger partial charge in [-0.2, -0.15) is 0 Å². The highest BCUT2D eigenvalue weighted by Gasteiger charge is 2.41. The highest BCUT2D eigenvalue weighted by atomic mass is 16.3. The van der Waals surface area contributed by atoms with Crippen LogP contribution in [-0.2, 0) is 4.79 Å². The van der Waals surface area contributed by atoms with E-state index in [9.17, 15) is 9.59 Å². The van der Waals surface area contributed by atoms with E-state index >= 15 is 0 Å². The fraction of sp³-hybridized carbons (Fsp3) is 0.538. The van der Waals surface area contributed by atoms with Gasteiger partial charge in [0.2, 0.25) is 5.91 Å². The Balaban J connectivity index is 1.77. The number of carbonyl (C=O) groups excluding carboxylic acids is 2. The number of aryl methyl sites for hydroxylation is 1. The van der Waals surface area contributed by atoms with Crippen molar-refractivity contribution < 1.29 is 14.0 Å². The third kappa shape index (κ3) is 1.79. The zero-order valence-corrected chi connectivity index (χ0v) is 10.3. The summed E-state index contributed by atoms with van der Waals surface area (Å²) in [7, 11) is 0. The maximum absolute atomic E-state index is 12.3. The summed E-state index contributed by atoms with van der Waals surface area (Å²) in [5.74, 6) is 1.17. The van der Waals surface area contributed by atoms with E-state index in [0.717, 1.165) is 18.6 Å². The number of furan rings is 1. The van der Waals surface area contributed by atoms with E-state index in [1.54, 1.807) is 12.1 Å². The van der Waals surface area contributed by atoms with Gasteiger partial charge < -0.3 is 14.6 Å². The summed E-state index contributed by atoms with van der Waals surface area (Å²) in [6, 6.07) is 3.75. The molecule has 2 saturated heterocycles. The minimum Gasteiger partial charge on any atom is -0.456 e. The molecular formula is C13H16N2O3. The van der Waals surface area contributed by atoms with Crippen LogP contribution in [-0.4, -0.2) is 35.3 Å². The van der Waals surface area contributed by atoms with Crippen molar-refractivity contribution in [3.05, 3.63) is 23.7 Å². The third-order valence-corrected chi connectivity index (χ3v) is 3.77. The number of hydrogen-bond acceptors (Lipinski definition) is 3. The van der Waals surface area contributed by atoms with Gasteiger partial charge in [0, 0.05) is 13.0 Å². The van der Waals surface area contributed by atoms with E-state index in [2.05, 4.69) is 5.32 Å². The predicted molar refractivity (Wildman–Crippen MR) is 64.1 cm³/mol. The first-order valence-corrected chi connectivity index (χ1v) is 6.32. The number of likely N-dealkylation sites (tertiary alicyclic amines) is 1. The minimum absolute atomic E-state index is 0.0632. The number of carbonyl (C=O) groups is 2. The van der Waals surface area contributed by atoms with Crippen molar-refractivity contribution in [1.82, 2.24) is 10.2 Å². The SMILES string of the molecule is Cc1ccc(C(=O)N2CC[C@@H]3NC(=O)CC[C@H]32)o1. The van der Waals surface area contributed by atoms with Crippen LogP contribution in [0.4, 0.5) is 0 Å². The molecule has 0 unspecified atom stereocenters. The number of hydrogen-bond donors (Lipinski definition) is 1. The normalized spacial score (nSPS) is 26.9. The Kier molecular flexibility index (Phi) is 2.61. The third-order valence-electron chi connectivity index (χ3n) is 3.77. The van der Waals surface area contributed by atoms with E-state index in [0.29, 0.717) is 18.7 Å². The second kappa shape index (κ2) is 4.15. The molecule has 2 aliphatic heterocycles. The Bertz CT molecular complexity index is 494. The van der Waals surface area contributed by atoms with Crippen LogP contribution < -0.4 is 5.32 Å². The van der Waals surface area contributed by atoms with Gasteiger partial charge in [0.15, 0.2) is 5.76 Å². The van der Waals surface area contributed by atoms with Gasteiger partial charge in [-0.15, -0.1) is 0 Å². The lowest BCUT2D eigenvalue weighted by atomic mass is 9.99. The summed E-state index contributed by atoms with van der Waals surface area (Å²) in [6.07, 6.45) is 2.09. The summed E-state index contributed by atoms with van der Waals surface area (Å²) >= 11 is 0. The van der Waals surface area contributed by atoms with Crippen LogP contribution in [0.15, 0.2) is 16.5 Å². The molecule has 18 heavy (non-hydrogen) atoms. The molecule has 5 nitrogen and oxygen atoms in total. The zero-order chi connectivity index (χ0) is 12.7. The second-order valence-corrected chi connectivity index (χ2v) is 4.98. The molecule has 2 atom stereocenters. The number of fused-ring (bicyclic) bond motifs is 1. The average Bonchev–Trinajstić information content (AvgIpc) is 2.94. The topological polar surface area (TPSA) is 62.6 Å². The summed E-state index contributed by atoms with van der Waals surface area (Å²) in [6.45, 7) is 2.51. The Labute approximate surface area is 105 Å². The van der Waals surface area contributed by atoms with Crippen LogP contribution in [0, 0.1) is 6.92 Å². The molecule has 0 bridgehead atoms. The second-order valence-electron chi connectivity index (χ2n) is 4.98. The van der Waals surface area contributed by atoms with Crippen molar-refractivity contribution in [2.24, 2.45) is 0 Å². The lowest BCUT2D eigenvalue weighted by Gasteiger charge is -2.31. The van der Waals surface area contributed by atoms with E-state index in [4.69, 9.17) is 4.42 Å². The summed E-state index contributed by atoms with van der Waals surface area (Å²) in [4.78, 5) is 25.5. The van der Waals surface area contributed by atoms with Gasteiger partial charge >= 0.3 is 0 Å². The first-order chi connectivity index (χ1) is 8.65. The molecular weight excluding hydrogens is 232 g/mol. The highest BCUT2D eigenvalue weighted by Crippen LogP contribution is 2.27. The van der Waals surface area contributed by atoms with Crippen molar-refractivity contribution in [2.45, 2.75) is 38.3 Å². The average molecular weight is 248 g/mol. The molecule has 0 aliphatic carbocycles. The molecule has 1 aromatic rings. The lowest BCUT2D eigenvalue weighted by Crippen LogP contribution is -2.50. The van der Waals surface area contributed by atoms with Crippen LogP contribution in [0.2, 0.25) is 0 Å². The molecule has 0 aromatic carbocycles. The zero-order valence-electron chi connectivity index (χ0n) is 10.3. The largest absolute Gasteiger partial charge is 0.456 e. The molecule has 0 radical (unpaired) electrons. The maximum atomic E-state index is 12.3. The van der Waals surface area contributed by atoms with Gasteiger partial charge in [-0.25, -0.2) is 0 Å². The quantitative estimate of drug-likeness (QED) is 0.809. The van der Waals surface area contributed by atoms with Gasteiger partial charge in [-0.1, -0.05) is 0 Å². The Morgan fingerprint density at radius 2 is 2.28 bits per heavy atom. The van der Waals surface area contributed by atoms with Crippen molar-refractivity contribution in [2.75, 3.05) is 6.54 Å². The van der Waals surface area contributed by atoms with Crippen LogP contribution in [0.25, 0.3) is 0 Å². The molecule has 2 fully saturated rings. The number of piperidine rings is 1. The van der Waals surface area contributed by atoms with Gasteiger partial charge in [0.25, 0.3) is 5.91 Å². The summed E-state index contributed by atoms with van der Waals surface area (Å²) in [5.41, 5.74) is 0. The predicted octanol–water partition coefficient (Wildman–Crippen LogP) is 1.08. The number of nitrogens with one attached hydrogen (secondary N) is 1. The number of nitrogens with zero attached hydrogens (tertiary/aromatic N) is 1. The van der Waals surface area contributed by atoms with Gasteiger partial charge in [0.05, 0.1) is 12.1 Å². The monoisotopic (exact) mass is 248 g/mol. The first kappa shape index (κ1) is 11.3. The summed E-state index contributed by atoms with van der Waals surface area (Å²) < 4.78 is 5.38. The molecule has 3 heterocycles. The Morgan fingerprint density at radius 1 is 1.44 bits per heavy atom. The molecule has 1 aromatic heterocycles. The first-order valence-electron chi connectivity index (χ1n) is 6.32. The highest BCUT2D eigenvalue weighted by molar-refractivity contribution is 5.92. The smallest absolute Gasteiger partial charge is 0.289 e. The molecule has 1 N–H and O–H groups in total. The van der Waals surface area contributed by atoms with E-state index in [-0.39, 0.29) is 23.9 Å². The fourth-order valence-corrected chi connectivity index (χ4v) is 2.88. The van der Waals surface area contributed by atoms with Crippen LogP contribution >= 0.6 is 0 Å². The maximum Gasteiger partial charge on any atom is 0.289 e. The van der Waals surface area contributed by atoms with Gasteiger partial charge in [0.1, 0.15) is 5.76 Å². The fourth-order valence-electron chi connectivity index (χ4n) is 2.88. The van der Waals surface area contributed by atoms with E-state index < -0.39 is 0 Å². The van der Waals surface area contributed by atoms with E-state index in [1.165, 1.54) is 0 Å². The van der Waals surface area contributed by atoms with Crippen molar-refractivity contribution >= 4 is 11.8 Å². The molecule has 3 rings (SSSR count). The summed E-state index contributed by atoms with van der Waals surface area (Å²) in [5, 5.41) is 2.96. The van der Waals surface area contributed by atoms with Gasteiger partial charge in [-0.05, 0) is 31.9 Å². The van der Waals surface area contributed by atoms with Crippen LogP contribution in [0.5, 0.6) is 0 Å². The van der Waals surface area contributed by atoms with Crippen molar-refractivity contribution in [3.63, 3.8) is 0 Å².